The van der Waals surface area contributed by atoms with E-state index in [1.54, 1.807) is 0 Å². The fourth-order valence-electron chi connectivity index (χ4n) is 2.01. The summed E-state index contributed by atoms with van der Waals surface area (Å²) in [5, 5.41) is 4.54. The molecule has 0 spiro atoms. The van der Waals surface area contributed by atoms with E-state index >= 15 is 0 Å². The Balaban J connectivity index is 2.12. The van der Waals surface area contributed by atoms with Gasteiger partial charge in [-0.15, -0.1) is 0 Å². The maximum Gasteiger partial charge on any atom is 0.0709 e. The lowest BCUT2D eigenvalue weighted by atomic mass is 9.93. The molecule has 0 bridgehead atoms. The summed E-state index contributed by atoms with van der Waals surface area (Å²) in [4.78, 5) is 0. The molecule has 1 aliphatic carbocycles. The second kappa shape index (κ2) is 2.63. The predicted molar refractivity (Wildman–Crippen MR) is 52.3 cm³/mol. The van der Waals surface area contributed by atoms with E-state index in [-0.39, 0.29) is 0 Å². The number of hydrogen-bond donors (Lipinski definition) is 0. The third-order valence-corrected chi connectivity index (χ3v) is 2.64. The lowest BCUT2D eigenvalue weighted by molar-refractivity contribution is 0.799. The minimum Gasteiger partial charge on any atom is -0.252 e. The van der Waals surface area contributed by atoms with Gasteiger partial charge in [-0.1, -0.05) is 18.2 Å². The molecule has 3 radical (unpaired) electrons. The van der Waals surface area contributed by atoms with E-state index in [0.717, 1.165) is 17.8 Å². The van der Waals surface area contributed by atoms with Crippen molar-refractivity contribution < 1.29 is 0 Å². The van der Waals surface area contributed by atoms with E-state index in [1.807, 2.05) is 6.07 Å². The molecule has 0 unspecified atom stereocenters. The maximum atomic E-state index is 4.54. The number of para-hydroxylation sites is 1. The first-order chi connectivity index (χ1) is 6.45. The Morgan fingerprint density at radius 2 is 2.15 bits per heavy atom. The minimum atomic E-state index is 1.07. The maximum absolute atomic E-state index is 4.54. The van der Waals surface area contributed by atoms with Gasteiger partial charge in [0.05, 0.1) is 11.4 Å². The molecule has 0 saturated carbocycles. The molecule has 0 aromatic heterocycles. The van der Waals surface area contributed by atoms with Crippen molar-refractivity contribution in [1.29, 1.82) is 0 Å². The van der Waals surface area contributed by atoms with Crippen molar-refractivity contribution >= 4 is 11.3 Å². The van der Waals surface area contributed by atoms with Gasteiger partial charge >= 0.3 is 0 Å². The van der Waals surface area contributed by atoms with Crippen LogP contribution in [0.25, 0.3) is 5.57 Å². The SMILES string of the molecule is [C]1CCCC2=C1[N]c1ccccc12. The van der Waals surface area contributed by atoms with E-state index in [2.05, 4.69) is 29.9 Å². The quantitative estimate of drug-likeness (QED) is 0.565. The summed E-state index contributed by atoms with van der Waals surface area (Å²) in [6.45, 7) is 0. The largest absolute Gasteiger partial charge is 0.252 e. The van der Waals surface area contributed by atoms with Gasteiger partial charge < -0.3 is 0 Å². The highest BCUT2D eigenvalue weighted by Gasteiger charge is 2.24. The van der Waals surface area contributed by atoms with Gasteiger partial charge in [0.15, 0.2) is 0 Å². The summed E-state index contributed by atoms with van der Waals surface area (Å²) < 4.78 is 0. The molecule has 0 amide bonds. The molecule has 1 heterocycles. The zero-order valence-electron chi connectivity index (χ0n) is 7.38. The van der Waals surface area contributed by atoms with Crippen LogP contribution in [0.5, 0.6) is 0 Å². The van der Waals surface area contributed by atoms with E-state index in [4.69, 9.17) is 0 Å². The monoisotopic (exact) mass is 168 g/mol. The molecular formula is C12H10N. The lowest BCUT2D eigenvalue weighted by Gasteiger charge is -2.11. The summed E-state index contributed by atoms with van der Waals surface area (Å²) >= 11 is 0. The van der Waals surface area contributed by atoms with Crippen LogP contribution in [0.4, 0.5) is 5.69 Å². The third kappa shape index (κ3) is 0.998. The predicted octanol–water partition coefficient (Wildman–Crippen LogP) is 2.91. The number of fused-ring (bicyclic) bond motifs is 2. The second-order valence-electron chi connectivity index (χ2n) is 3.49. The standard InChI is InChI=1S/C12H10N/c1-3-7-11-9(5-1)10-6-2-4-8-12(10)13-11/h1,3,5,7H,2,4,6H2. The topological polar surface area (TPSA) is 14.1 Å². The van der Waals surface area contributed by atoms with Gasteiger partial charge in [0.25, 0.3) is 0 Å². The summed E-state index contributed by atoms with van der Waals surface area (Å²) in [6, 6.07) is 8.36. The number of hydrogen-bond acceptors (Lipinski definition) is 0. The Morgan fingerprint density at radius 1 is 1.23 bits per heavy atom. The van der Waals surface area contributed by atoms with Crippen LogP contribution in [0, 0.1) is 6.42 Å². The number of nitrogens with zero attached hydrogens (tertiary/aromatic N) is 1. The van der Waals surface area contributed by atoms with Crippen molar-refractivity contribution in [3.63, 3.8) is 0 Å². The van der Waals surface area contributed by atoms with Crippen LogP contribution in [-0.2, 0) is 0 Å². The van der Waals surface area contributed by atoms with Crippen molar-refractivity contribution in [2.75, 3.05) is 0 Å². The number of rotatable bonds is 0. The average Bonchev–Trinajstić information content (AvgIpc) is 2.56. The molecule has 0 saturated heterocycles. The van der Waals surface area contributed by atoms with Crippen LogP contribution in [0.15, 0.2) is 30.0 Å². The Bertz CT molecular complexity index is 376. The molecule has 0 N–H and O–H groups in total. The average molecular weight is 168 g/mol. The normalized spacial score (nSPS) is 19.4. The van der Waals surface area contributed by atoms with Crippen molar-refractivity contribution in [2.24, 2.45) is 0 Å². The molecule has 1 heteroatoms. The summed E-state index contributed by atoms with van der Waals surface area (Å²) in [6.07, 6.45) is 6.80. The molecule has 1 aliphatic heterocycles. The van der Waals surface area contributed by atoms with Gasteiger partial charge in [-0.05, 0) is 30.9 Å². The van der Waals surface area contributed by atoms with Crippen molar-refractivity contribution in [1.82, 2.24) is 5.32 Å². The van der Waals surface area contributed by atoms with Crippen LogP contribution in [0.2, 0.25) is 0 Å². The summed E-state index contributed by atoms with van der Waals surface area (Å²) in [7, 11) is 0. The number of benzene rings is 1. The molecule has 1 aromatic rings. The van der Waals surface area contributed by atoms with Gasteiger partial charge in [-0.25, -0.2) is 0 Å². The highest BCUT2D eigenvalue weighted by Crippen LogP contribution is 2.41. The minimum absolute atomic E-state index is 1.07. The molecule has 1 aromatic carbocycles. The van der Waals surface area contributed by atoms with Gasteiger partial charge in [0.1, 0.15) is 0 Å². The first-order valence-corrected chi connectivity index (χ1v) is 4.73. The van der Waals surface area contributed by atoms with Crippen LogP contribution < -0.4 is 5.32 Å². The molecule has 3 rings (SSSR count). The number of allylic oxidation sites excluding steroid dienone is 2. The Labute approximate surface area is 78.5 Å². The van der Waals surface area contributed by atoms with Crippen molar-refractivity contribution in [3.05, 3.63) is 41.9 Å². The van der Waals surface area contributed by atoms with Crippen molar-refractivity contribution in [3.8, 4) is 0 Å². The lowest BCUT2D eigenvalue weighted by Crippen LogP contribution is -1.99. The van der Waals surface area contributed by atoms with Gasteiger partial charge in [0, 0.05) is 12.0 Å². The highest BCUT2D eigenvalue weighted by molar-refractivity contribution is 5.83. The zero-order chi connectivity index (χ0) is 8.67. The van der Waals surface area contributed by atoms with Crippen LogP contribution in [0.1, 0.15) is 24.8 Å². The molecule has 13 heavy (non-hydrogen) atoms. The smallest absolute Gasteiger partial charge is 0.0709 e. The third-order valence-electron chi connectivity index (χ3n) is 2.64. The van der Waals surface area contributed by atoms with E-state index < -0.39 is 0 Å². The molecule has 63 valence electrons. The highest BCUT2D eigenvalue weighted by atomic mass is 14.9. The Morgan fingerprint density at radius 3 is 3.15 bits per heavy atom. The molecule has 2 aliphatic rings. The Kier molecular flexibility index (Phi) is 1.45. The Hall–Kier alpha value is -1.24. The molecule has 0 fully saturated rings. The summed E-state index contributed by atoms with van der Waals surface area (Å²) in [5.41, 5.74) is 4.96. The van der Waals surface area contributed by atoms with Gasteiger partial charge in [0.2, 0.25) is 0 Å². The van der Waals surface area contributed by atoms with Crippen LogP contribution >= 0.6 is 0 Å². The van der Waals surface area contributed by atoms with E-state index in [9.17, 15) is 0 Å². The molecular weight excluding hydrogens is 158 g/mol. The zero-order valence-corrected chi connectivity index (χ0v) is 7.38. The molecule has 0 atom stereocenters. The van der Waals surface area contributed by atoms with Crippen molar-refractivity contribution in [2.45, 2.75) is 19.3 Å². The second-order valence-corrected chi connectivity index (χ2v) is 3.49. The van der Waals surface area contributed by atoms with Gasteiger partial charge in [-0.3, -0.25) is 5.32 Å². The molecule has 1 nitrogen and oxygen atoms in total. The van der Waals surface area contributed by atoms with E-state index in [1.165, 1.54) is 24.0 Å². The fraction of sp³-hybridized carbons (Fsp3) is 0.250. The van der Waals surface area contributed by atoms with Crippen LogP contribution in [-0.4, -0.2) is 0 Å². The van der Waals surface area contributed by atoms with E-state index in [0.29, 0.717) is 0 Å². The fourth-order valence-corrected chi connectivity index (χ4v) is 2.01. The van der Waals surface area contributed by atoms with Gasteiger partial charge in [-0.2, -0.15) is 0 Å². The first-order valence-electron chi connectivity index (χ1n) is 4.73. The van der Waals surface area contributed by atoms with Crippen LogP contribution in [0.3, 0.4) is 0 Å². The first kappa shape index (κ1) is 7.19. The summed E-state index contributed by atoms with van der Waals surface area (Å²) in [5.74, 6) is 0.